The van der Waals surface area contributed by atoms with Crippen LogP contribution in [0.3, 0.4) is 0 Å². The topological polar surface area (TPSA) is 61.8 Å². The second-order valence-corrected chi connectivity index (χ2v) is 7.42. The number of aromatic nitrogens is 1. The highest BCUT2D eigenvalue weighted by atomic mass is 16.5. The van der Waals surface area contributed by atoms with Crippen molar-refractivity contribution in [2.45, 2.75) is 52.8 Å². The number of pyridine rings is 1. The first-order valence-electron chi connectivity index (χ1n) is 11.0. The molecular weight excluding hydrogens is 374 g/mol. The smallest absolute Gasteiger partial charge is 0.213 e. The van der Waals surface area contributed by atoms with E-state index in [0.29, 0.717) is 25.1 Å². The van der Waals surface area contributed by atoms with Crippen molar-refractivity contribution in [3.8, 4) is 5.88 Å². The van der Waals surface area contributed by atoms with Crippen molar-refractivity contribution in [1.29, 1.82) is 0 Å². The predicted octanol–water partition coefficient (Wildman–Crippen LogP) is 3.84. The lowest BCUT2D eigenvalue weighted by Crippen LogP contribution is -2.42. The average molecular weight is 412 g/mol. The maximum atomic E-state index is 5.82. The van der Waals surface area contributed by atoms with Crippen LogP contribution in [0.1, 0.15) is 44.7 Å². The third-order valence-electron chi connectivity index (χ3n) is 5.10. The maximum absolute atomic E-state index is 5.82. The number of guanidine groups is 1. The number of hydrogen-bond donors (Lipinski definition) is 2. The van der Waals surface area contributed by atoms with Gasteiger partial charge < -0.3 is 20.3 Å². The highest BCUT2D eigenvalue weighted by molar-refractivity contribution is 5.79. The highest BCUT2D eigenvalue weighted by Crippen LogP contribution is 2.12. The summed E-state index contributed by atoms with van der Waals surface area (Å²) in [4.78, 5) is 11.1. The van der Waals surface area contributed by atoms with Crippen LogP contribution in [-0.4, -0.2) is 48.6 Å². The lowest BCUT2D eigenvalue weighted by Gasteiger charge is -2.21. The minimum Gasteiger partial charge on any atom is -0.473 e. The van der Waals surface area contributed by atoms with Crippen LogP contribution in [0.15, 0.2) is 53.7 Å². The zero-order valence-electron chi connectivity index (χ0n) is 18.9. The first kappa shape index (κ1) is 23.7. The van der Waals surface area contributed by atoms with E-state index in [2.05, 4.69) is 46.3 Å². The van der Waals surface area contributed by atoms with Crippen molar-refractivity contribution in [2.24, 2.45) is 4.99 Å². The molecule has 0 aliphatic heterocycles. The van der Waals surface area contributed by atoms with Gasteiger partial charge in [0, 0.05) is 31.9 Å². The lowest BCUT2D eigenvalue weighted by atomic mass is 10.2. The number of aliphatic imine (C=N–C) groups is 1. The van der Waals surface area contributed by atoms with Gasteiger partial charge in [-0.15, -0.1) is 0 Å². The molecule has 0 fully saturated rings. The molecule has 0 amide bonds. The standard InChI is InChI=1S/C24H37N5O/c1-5-29(6-2)16-10-11-20(3)28-24(25-4)27-18-22-14-15-26-23(17-22)30-19-21-12-8-7-9-13-21/h7-9,12-15,17,20H,5-6,10-11,16,18-19H2,1-4H3,(H2,25,27,28). The van der Waals surface area contributed by atoms with Gasteiger partial charge in [-0.2, -0.15) is 0 Å². The molecule has 1 aromatic carbocycles. The third kappa shape index (κ3) is 8.82. The Morgan fingerprint density at radius 3 is 2.60 bits per heavy atom. The van der Waals surface area contributed by atoms with E-state index in [0.717, 1.165) is 43.1 Å². The van der Waals surface area contributed by atoms with Crippen LogP contribution in [-0.2, 0) is 13.2 Å². The Kier molecular flexibility index (Phi) is 10.7. The summed E-state index contributed by atoms with van der Waals surface area (Å²) >= 11 is 0. The van der Waals surface area contributed by atoms with Gasteiger partial charge in [0.05, 0.1) is 0 Å². The van der Waals surface area contributed by atoms with E-state index in [1.54, 1.807) is 13.2 Å². The van der Waals surface area contributed by atoms with E-state index in [-0.39, 0.29) is 0 Å². The number of ether oxygens (including phenoxy) is 1. The van der Waals surface area contributed by atoms with E-state index in [9.17, 15) is 0 Å². The molecule has 164 valence electrons. The number of rotatable bonds is 12. The largest absolute Gasteiger partial charge is 0.473 e. The molecule has 1 unspecified atom stereocenters. The van der Waals surface area contributed by atoms with Crippen LogP contribution in [0.5, 0.6) is 5.88 Å². The molecule has 0 radical (unpaired) electrons. The fourth-order valence-corrected chi connectivity index (χ4v) is 3.22. The number of benzene rings is 1. The zero-order valence-corrected chi connectivity index (χ0v) is 18.9. The predicted molar refractivity (Wildman–Crippen MR) is 125 cm³/mol. The Morgan fingerprint density at radius 1 is 1.13 bits per heavy atom. The van der Waals surface area contributed by atoms with Gasteiger partial charge in [-0.05, 0) is 56.6 Å². The van der Waals surface area contributed by atoms with Crippen LogP contribution < -0.4 is 15.4 Å². The fraction of sp³-hybridized carbons (Fsp3) is 0.500. The molecule has 1 aromatic heterocycles. The van der Waals surface area contributed by atoms with Crippen molar-refractivity contribution >= 4 is 5.96 Å². The van der Waals surface area contributed by atoms with E-state index in [1.807, 2.05) is 42.5 Å². The van der Waals surface area contributed by atoms with Gasteiger partial charge in [0.1, 0.15) is 6.61 Å². The molecule has 0 aliphatic carbocycles. The van der Waals surface area contributed by atoms with E-state index in [1.165, 1.54) is 6.42 Å². The van der Waals surface area contributed by atoms with Crippen molar-refractivity contribution in [1.82, 2.24) is 20.5 Å². The van der Waals surface area contributed by atoms with Gasteiger partial charge in [-0.1, -0.05) is 44.2 Å². The summed E-state index contributed by atoms with van der Waals surface area (Å²) in [5, 5.41) is 6.87. The highest BCUT2D eigenvalue weighted by Gasteiger charge is 2.07. The van der Waals surface area contributed by atoms with Gasteiger partial charge >= 0.3 is 0 Å². The molecule has 6 nitrogen and oxygen atoms in total. The molecule has 30 heavy (non-hydrogen) atoms. The Labute approximate surface area is 181 Å². The molecule has 0 aliphatic rings. The van der Waals surface area contributed by atoms with Gasteiger partial charge in [0.2, 0.25) is 5.88 Å². The number of hydrogen-bond acceptors (Lipinski definition) is 4. The zero-order chi connectivity index (χ0) is 21.6. The van der Waals surface area contributed by atoms with E-state index in [4.69, 9.17) is 4.74 Å². The number of nitrogens with one attached hydrogen (secondary N) is 2. The second-order valence-electron chi connectivity index (χ2n) is 7.42. The minimum atomic E-state index is 0.369. The monoisotopic (exact) mass is 411 g/mol. The quantitative estimate of drug-likeness (QED) is 0.410. The van der Waals surface area contributed by atoms with Gasteiger partial charge in [0.25, 0.3) is 0 Å². The maximum Gasteiger partial charge on any atom is 0.213 e. The van der Waals surface area contributed by atoms with Crippen LogP contribution in [0.2, 0.25) is 0 Å². The van der Waals surface area contributed by atoms with Crippen molar-refractivity contribution in [3.05, 3.63) is 59.8 Å². The van der Waals surface area contributed by atoms with Crippen LogP contribution in [0.25, 0.3) is 0 Å². The Hall–Kier alpha value is -2.60. The molecule has 1 atom stereocenters. The molecule has 0 saturated heterocycles. The summed E-state index contributed by atoms with van der Waals surface area (Å²) in [6.07, 6.45) is 4.08. The Bertz CT molecular complexity index is 746. The second kappa shape index (κ2) is 13.6. The van der Waals surface area contributed by atoms with Crippen molar-refractivity contribution in [3.63, 3.8) is 0 Å². The normalized spacial score (nSPS) is 12.6. The molecule has 1 heterocycles. The van der Waals surface area contributed by atoms with Gasteiger partial charge in [-0.3, -0.25) is 4.99 Å². The minimum absolute atomic E-state index is 0.369. The molecular formula is C24H37N5O. The Balaban J connectivity index is 1.76. The molecule has 6 heteroatoms. The van der Waals surface area contributed by atoms with Crippen molar-refractivity contribution < 1.29 is 4.74 Å². The Morgan fingerprint density at radius 2 is 1.90 bits per heavy atom. The van der Waals surface area contributed by atoms with Crippen LogP contribution in [0.4, 0.5) is 0 Å². The summed E-state index contributed by atoms with van der Waals surface area (Å²) in [6.45, 7) is 11.2. The summed E-state index contributed by atoms with van der Waals surface area (Å²) in [5.41, 5.74) is 2.23. The number of nitrogens with zero attached hydrogens (tertiary/aromatic N) is 3. The summed E-state index contributed by atoms with van der Waals surface area (Å²) in [6, 6.07) is 14.4. The first-order valence-corrected chi connectivity index (χ1v) is 11.0. The first-order chi connectivity index (χ1) is 14.6. The van der Waals surface area contributed by atoms with Gasteiger partial charge in [0.15, 0.2) is 5.96 Å². The summed E-state index contributed by atoms with van der Waals surface area (Å²) in [5.74, 6) is 1.44. The van der Waals surface area contributed by atoms with Gasteiger partial charge in [-0.25, -0.2) is 4.98 Å². The molecule has 2 aromatic rings. The van der Waals surface area contributed by atoms with E-state index < -0.39 is 0 Å². The third-order valence-corrected chi connectivity index (χ3v) is 5.10. The summed E-state index contributed by atoms with van der Waals surface area (Å²) in [7, 11) is 1.80. The SMILES string of the molecule is CCN(CC)CCCC(C)NC(=NC)NCc1ccnc(OCc2ccccc2)c1. The summed E-state index contributed by atoms with van der Waals surface area (Å²) < 4.78 is 5.82. The van der Waals surface area contributed by atoms with Crippen LogP contribution in [0, 0.1) is 0 Å². The molecule has 0 bridgehead atoms. The lowest BCUT2D eigenvalue weighted by molar-refractivity contribution is 0.292. The van der Waals surface area contributed by atoms with Crippen LogP contribution >= 0.6 is 0 Å². The molecule has 0 spiro atoms. The average Bonchev–Trinajstić information content (AvgIpc) is 2.79. The fourth-order valence-electron chi connectivity index (χ4n) is 3.22. The van der Waals surface area contributed by atoms with E-state index >= 15 is 0 Å². The molecule has 2 rings (SSSR count). The molecule has 0 saturated carbocycles. The molecule has 2 N–H and O–H groups in total. The van der Waals surface area contributed by atoms with Crippen molar-refractivity contribution in [2.75, 3.05) is 26.7 Å².